The summed E-state index contributed by atoms with van der Waals surface area (Å²) in [4.78, 5) is 2.47. The van der Waals surface area contributed by atoms with Crippen molar-refractivity contribution in [2.75, 3.05) is 32.8 Å². The summed E-state index contributed by atoms with van der Waals surface area (Å²) in [5.74, 6) is 0.884. The summed E-state index contributed by atoms with van der Waals surface area (Å²) >= 11 is 6.04. The second-order valence-corrected chi connectivity index (χ2v) is 6.59. The molecular weight excluding hydrogens is 326 g/mol. The molecule has 130 valence electrons. The van der Waals surface area contributed by atoms with Crippen molar-refractivity contribution in [3.63, 3.8) is 0 Å². The molecule has 1 saturated heterocycles. The highest BCUT2D eigenvalue weighted by Gasteiger charge is 2.22. The fourth-order valence-corrected chi connectivity index (χ4v) is 3.25. The fraction of sp³-hybridized carbons (Fsp3) is 0.500. The Morgan fingerprint density at radius 1 is 1.21 bits per heavy atom. The molecule has 6 heteroatoms. The van der Waals surface area contributed by atoms with Gasteiger partial charge in [0, 0.05) is 42.8 Å². The van der Waals surface area contributed by atoms with E-state index in [1.54, 1.807) is 0 Å². The number of aromatic nitrogens is 1. The molecule has 1 unspecified atom stereocenters. The molecule has 1 aliphatic rings. The topological polar surface area (TPSA) is 50.5 Å². The number of hydrogen-bond acceptors (Lipinski definition) is 5. The quantitative estimate of drug-likeness (QED) is 0.868. The number of halogens is 1. The first-order valence-corrected chi connectivity index (χ1v) is 8.72. The van der Waals surface area contributed by atoms with Crippen LogP contribution in [0.25, 0.3) is 0 Å². The molecular formula is C18H24ClN3O2. The number of morpholine rings is 1. The van der Waals surface area contributed by atoms with Gasteiger partial charge in [-0.1, -0.05) is 28.9 Å². The Bertz CT molecular complexity index is 631. The number of benzene rings is 1. The Hall–Kier alpha value is -1.40. The number of ether oxygens (including phenoxy) is 1. The van der Waals surface area contributed by atoms with E-state index < -0.39 is 0 Å². The minimum atomic E-state index is 0.298. The van der Waals surface area contributed by atoms with Crippen molar-refractivity contribution in [2.45, 2.75) is 26.4 Å². The Balaban J connectivity index is 1.68. The summed E-state index contributed by atoms with van der Waals surface area (Å²) in [6, 6.07) is 8.43. The molecule has 1 N–H and O–H groups in total. The average Bonchev–Trinajstić information content (AvgIpc) is 2.92. The largest absolute Gasteiger partial charge is 0.379 e. The highest BCUT2D eigenvalue weighted by atomic mass is 35.5. The van der Waals surface area contributed by atoms with Crippen molar-refractivity contribution in [1.82, 2.24) is 15.4 Å². The van der Waals surface area contributed by atoms with Gasteiger partial charge in [0.15, 0.2) is 0 Å². The predicted octanol–water partition coefficient (Wildman–Crippen LogP) is 3.11. The van der Waals surface area contributed by atoms with Crippen molar-refractivity contribution < 1.29 is 9.26 Å². The van der Waals surface area contributed by atoms with E-state index >= 15 is 0 Å². The van der Waals surface area contributed by atoms with Crippen molar-refractivity contribution in [3.8, 4) is 0 Å². The zero-order chi connectivity index (χ0) is 16.9. The standard InChI is InChI=1S/C18H24ClN3O2/c1-13-17(14(2)24-21-13)11-20-12-18(22-7-9-23-10-8-22)15-3-5-16(19)6-4-15/h3-6,18,20H,7-12H2,1-2H3. The maximum atomic E-state index is 6.04. The average molecular weight is 350 g/mol. The molecule has 0 amide bonds. The van der Waals surface area contributed by atoms with E-state index in [2.05, 4.69) is 27.5 Å². The van der Waals surface area contributed by atoms with E-state index in [4.69, 9.17) is 20.9 Å². The van der Waals surface area contributed by atoms with Gasteiger partial charge in [0.1, 0.15) is 5.76 Å². The number of hydrogen-bond donors (Lipinski definition) is 1. The number of nitrogens with zero attached hydrogens (tertiary/aromatic N) is 2. The SMILES string of the molecule is Cc1noc(C)c1CNCC(c1ccc(Cl)cc1)N1CCOCC1. The van der Waals surface area contributed by atoms with Gasteiger partial charge in [-0.25, -0.2) is 0 Å². The summed E-state index contributed by atoms with van der Waals surface area (Å²) in [5, 5.41) is 8.35. The summed E-state index contributed by atoms with van der Waals surface area (Å²) < 4.78 is 10.7. The van der Waals surface area contributed by atoms with E-state index in [-0.39, 0.29) is 0 Å². The maximum Gasteiger partial charge on any atom is 0.138 e. The Labute approximate surface area is 147 Å². The molecule has 0 aliphatic carbocycles. The lowest BCUT2D eigenvalue weighted by molar-refractivity contribution is 0.0161. The van der Waals surface area contributed by atoms with Gasteiger partial charge in [0.2, 0.25) is 0 Å². The van der Waals surface area contributed by atoms with Gasteiger partial charge >= 0.3 is 0 Å². The van der Waals surface area contributed by atoms with E-state index in [1.807, 2.05) is 26.0 Å². The number of rotatable bonds is 6. The van der Waals surface area contributed by atoms with Crippen LogP contribution in [-0.2, 0) is 11.3 Å². The van der Waals surface area contributed by atoms with Crippen molar-refractivity contribution in [1.29, 1.82) is 0 Å². The molecule has 0 spiro atoms. The molecule has 1 aromatic heterocycles. The first kappa shape index (κ1) is 17.4. The first-order chi connectivity index (χ1) is 11.6. The van der Waals surface area contributed by atoms with E-state index in [9.17, 15) is 0 Å². The fourth-order valence-electron chi connectivity index (χ4n) is 3.12. The van der Waals surface area contributed by atoms with Crippen LogP contribution in [-0.4, -0.2) is 42.9 Å². The van der Waals surface area contributed by atoms with Crippen LogP contribution in [0.4, 0.5) is 0 Å². The lowest BCUT2D eigenvalue weighted by Gasteiger charge is -2.35. The predicted molar refractivity (Wildman–Crippen MR) is 94.3 cm³/mol. The highest BCUT2D eigenvalue weighted by Crippen LogP contribution is 2.23. The molecule has 5 nitrogen and oxygen atoms in total. The third-order valence-corrected chi connectivity index (χ3v) is 4.81. The highest BCUT2D eigenvalue weighted by molar-refractivity contribution is 6.30. The smallest absolute Gasteiger partial charge is 0.138 e. The number of aryl methyl sites for hydroxylation is 2. The second-order valence-electron chi connectivity index (χ2n) is 6.15. The third-order valence-electron chi connectivity index (χ3n) is 4.56. The summed E-state index contributed by atoms with van der Waals surface area (Å²) in [7, 11) is 0. The molecule has 0 radical (unpaired) electrons. The van der Waals surface area contributed by atoms with Crippen LogP contribution in [0.2, 0.25) is 5.02 Å². The molecule has 2 aromatic rings. The van der Waals surface area contributed by atoms with Crippen molar-refractivity contribution >= 4 is 11.6 Å². The van der Waals surface area contributed by atoms with Gasteiger partial charge < -0.3 is 14.6 Å². The van der Waals surface area contributed by atoms with Gasteiger partial charge in [0.05, 0.1) is 18.9 Å². The van der Waals surface area contributed by atoms with Crippen LogP contribution in [0.15, 0.2) is 28.8 Å². The van der Waals surface area contributed by atoms with E-state index in [0.29, 0.717) is 6.04 Å². The Kier molecular flexibility index (Phi) is 5.89. The molecule has 1 aromatic carbocycles. The van der Waals surface area contributed by atoms with Crippen LogP contribution >= 0.6 is 11.6 Å². The maximum absolute atomic E-state index is 6.04. The second kappa shape index (κ2) is 8.12. The molecule has 2 heterocycles. The third kappa shape index (κ3) is 4.16. The first-order valence-electron chi connectivity index (χ1n) is 8.35. The summed E-state index contributed by atoms with van der Waals surface area (Å²) in [6.07, 6.45) is 0. The molecule has 24 heavy (non-hydrogen) atoms. The van der Waals surface area contributed by atoms with Gasteiger partial charge in [0.25, 0.3) is 0 Å². The van der Waals surface area contributed by atoms with Gasteiger partial charge in [-0.15, -0.1) is 0 Å². The number of nitrogens with one attached hydrogen (secondary N) is 1. The molecule has 1 aliphatic heterocycles. The molecule has 3 rings (SSSR count). The lowest BCUT2D eigenvalue weighted by atomic mass is 10.0. The van der Waals surface area contributed by atoms with E-state index in [0.717, 1.165) is 61.4 Å². The minimum absolute atomic E-state index is 0.298. The van der Waals surface area contributed by atoms with Crippen LogP contribution in [0.3, 0.4) is 0 Å². The lowest BCUT2D eigenvalue weighted by Crippen LogP contribution is -2.42. The van der Waals surface area contributed by atoms with E-state index in [1.165, 1.54) is 5.56 Å². The molecule has 1 atom stereocenters. The molecule has 0 saturated carbocycles. The molecule has 0 bridgehead atoms. The Morgan fingerprint density at radius 3 is 2.54 bits per heavy atom. The van der Waals surface area contributed by atoms with Crippen molar-refractivity contribution in [2.24, 2.45) is 0 Å². The summed E-state index contributed by atoms with van der Waals surface area (Å²) in [6.45, 7) is 9.01. The summed E-state index contributed by atoms with van der Waals surface area (Å²) in [5.41, 5.74) is 3.37. The monoisotopic (exact) mass is 349 g/mol. The van der Waals surface area contributed by atoms with Gasteiger partial charge in [-0.05, 0) is 31.5 Å². The van der Waals surface area contributed by atoms with Gasteiger partial charge in [-0.2, -0.15) is 0 Å². The Morgan fingerprint density at radius 2 is 1.92 bits per heavy atom. The van der Waals surface area contributed by atoms with Crippen LogP contribution < -0.4 is 5.32 Å². The zero-order valence-electron chi connectivity index (χ0n) is 14.2. The van der Waals surface area contributed by atoms with Gasteiger partial charge in [-0.3, -0.25) is 4.90 Å². The normalized spacial score (nSPS) is 17.1. The molecule has 1 fully saturated rings. The van der Waals surface area contributed by atoms with Crippen LogP contribution in [0, 0.1) is 13.8 Å². The zero-order valence-corrected chi connectivity index (χ0v) is 15.0. The minimum Gasteiger partial charge on any atom is -0.379 e. The van der Waals surface area contributed by atoms with Crippen LogP contribution in [0.1, 0.15) is 28.6 Å². The van der Waals surface area contributed by atoms with Crippen LogP contribution in [0.5, 0.6) is 0 Å². The van der Waals surface area contributed by atoms with Crippen molar-refractivity contribution in [3.05, 3.63) is 51.9 Å².